The van der Waals surface area contributed by atoms with Gasteiger partial charge in [0, 0.05) is 42.3 Å². The van der Waals surface area contributed by atoms with Crippen molar-refractivity contribution in [1.29, 1.82) is 0 Å². The first-order valence-corrected chi connectivity index (χ1v) is 10.5. The molecule has 9 heteroatoms. The van der Waals surface area contributed by atoms with Crippen LogP contribution in [0, 0.1) is 18.8 Å². The van der Waals surface area contributed by atoms with Gasteiger partial charge in [-0.15, -0.1) is 0 Å². The summed E-state index contributed by atoms with van der Waals surface area (Å²) in [6.07, 6.45) is 0. The Balaban J connectivity index is 0.00000144. The molecular weight excluding hydrogens is 432 g/mol. The molecule has 6 nitrogen and oxygen atoms in total. The molecule has 0 bridgehead atoms. The molecule has 1 aromatic heterocycles. The van der Waals surface area contributed by atoms with Gasteiger partial charge in [-0.25, -0.2) is 4.79 Å². The van der Waals surface area contributed by atoms with Crippen LogP contribution < -0.4 is 29.1 Å². The number of aromatic amines is 1. The van der Waals surface area contributed by atoms with Gasteiger partial charge in [0.25, 0.3) is 5.91 Å². The van der Waals surface area contributed by atoms with Crippen molar-refractivity contribution < 1.29 is 35.0 Å². The summed E-state index contributed by atoms with van der Waals surface area (Å²) in [4.78, 5) is 28.9. The minimum absolute atomic E-state index is 0. The molecular formula is C22H20Cl2LiN3O3. The van der Waals surface area contributed by atoms with Crippen LogP contribution in [-0.2, 0) is 0 Å². The Labute approximate surface area is 202 Å². The predicted molar refractivity (Wildman–Crippen MR) is 118 cm³/mol. The van der Waals surface area contributed by atoms with Crippen LogP contribution in [0.15, 0.2) is 36.4 Å². The summed E-state index contributed by atoms with van der Waals surface area (Å²) in [5, 5.41) is 14.8. The zero-order valence-corrected chi connectivity index (χ0v) is 18.6. The molecule has 1 aliphatic heterocycles. The fourth-order valence-electron chi connectivity index (χ4n) is 4.47. The molecule has 0 radical (unpaired) electrons. The van der Waals surface area contributed by atoms with Crippen LogP contribution >= 0.6 is 23.2 Å². The van der Waals surface area contributed by atoms with E-state index in [1.165, 1.54) is 0 Å². The molecule has 31 heavy (non-hydrogen) atoms. The Morgan fingerprint density at radius 3 is 2.35 bits per heavy atom. The summed E-state index contributed by atoms with van der Waals surface area (Å²) >= 11 is 12.2. The first-order chi connectivity index (χ1) is 14.3. The fourth-order valence-corrected chi connectivity index (χ4v) is 4.88. The average Bonchev–Trinajstić information content (AvgIpc) is 3.06. The van der Waals surface area contributed by atoms with Crippen molar-refractivity contribution in [3.63, 3.8) is 0 Å². The molecule has 3 aromatic rings. The third-order valence-corrected chi connectivity index (χ3v) is 7.16. The molecule has 1 amide bonds. The minimum atomic E-state index is -0.924. The second-order valence-corrected chi connectivity index (χ2v) is 8.79. The van der Waals surface area contributed by atoms with Crippen LogP contribution in [0.3, 0.4) is 0 Å². The van der Waals surface area contributed by atoms with Crippen LogP contribution in [0.4, 0.5) is 5.69 Å². The van der Waals surface area contributed by atoms with Crippen molar-refractivity contribution in [2.75, 3.05) is 18.0 Å². The Morgan fingerprint density at radius 1 is 1.10 bits per heavy atom. The second kappa shape index (κ2) is 8.11. The molecule has 3 N–H and O–H groups in total. The SMILES string of the molecule is Cc1[nH]c(C(=O)NC2[C@H]3CN(c4ccc5cc(C(=O)O)ccc5c4)C[C@@H]23)c(Cl)c1Cl.[H-].[Li+]. The number of piperidine rings is 1. The number of nitrogens with one attached hydrogen (secondary N) is 2. The summed E-state index contributed by atoms with van der Waals surface area (Å²) in [5.41, 5.74) is 2.39. The normalized spacial score (nSPS) is 21.5. The van der Waals surface area contributed by atoms with E-state index in [4.69, 9.17) is 28.3 Å². The zero-order chi connectivity index (χ0) is 21.2. The first-order valence-electron chi connectivity index (χ1n) is 9.70. The number of fused-ring (bicyclic) bond motifs is 2. The predicted octanol–water partition coefficient (Wildman–Crippen LogP) is 1.46. The number of hydrogen-bond donors (Lipinski definition) is 3. The number of amides is 1. The topological polar surface area (TPSA) is 85.4 Å². The second-order valence-electron chi connectivity index (χ2n) is 8.04. The van der Waals surface area contributed by atoms with Crippen LogP contribution in [-0.4, -0.2) is 41.1 Å². The third kappa shape index (κ3) is 3.83. The van der Waals surface area contributed by atoms with Gasteiger partial charge in [0.05, 0.1) is 15.6 Å². The molecule has 3 atom stereocenters. The van der Waals surface area contributed by atoms with E-state index in [1.807, 2.05) is 18.2 Å². The number of H-pyrrole nitrogens is 1. The van der Waals surface area contributed by atoms with E-state index in [0.29, 0.717) is 28.2 Å². The van der Waals surface area contributed by atoms with E-state index in [2.05, 4.69) is 21.3 Å². The number of halogens is 2. The maximum Gasteiger partial charge on any atom is 1.00 e. The van der Waals surface area contributed by atoms with Crippen molar-refractivity contribution in [2.24, 2.45) is 11.8 Å². The van der Waals surface area contributed by atoms with Gasteiger partial charge in [0.15, 0.2) is 0 Å². The third-order valence-electron chi connectivity index (χ3n) is 6.21. The average molecular weight is 452 g/mol. The van der Waals surface area contributed by atoms with Gasteiger partial charge in [-0.05, 0) is 42.0 Å². The number of anilines is 1. The smallest absolute Gasteiger partial charge is 1.00 e. The van der Waals surface area contributed by atoms with E-state index in [1.54, 1.807) is 19.1 Å². The van der Waals surface area contributed by atoms with Gasteiger partial charge >= 0.3 is 24.8 Å². The summed E-state index contributed by atoms with van der Waals surface area (Å²) in [7, 11) is 0. The molecule has 1 saturated carbocycles. The van der Waals surface area contributed by atoms with E-state index < -0.39 is 5.97 Å². The zero-order valence-electron chi connectivity index (χ0n) is 18.1. The molecule has 1 saturated heterocycles. The van der Waals surface area contributed by atoms with Gasteiger partial charge in [-0.1, -0.05) is 35.3 Å². The van der Waals surface area contributed by atoms with E-state index in [9.17, 15) is 9.59 Å². The largest absolute Gasteiger partial charge is 1.00 e. The van der Waals surface area contributed by atoms with E-state index in [-0.39, 0.29) is 42.8 Å². The maximum atomic E-state index is 12.5. The number of aryl methyl sites for hydroxylation is 1. The summed E-state index contributed by atoms with van der Waals surface area (Å²) in [5.74, 6) is -0.332. The Hall–Kier alpha value is -2.10. The number of benzene rings is 2. The van der Waals surface area contributed by atoms with E-state index in [0.717, 1.165) is 29.5 Å². The number of carbonyl (C=O) groups is 2. The van der Waals surface area contributed by atoms with Gasteiger partial charge < -0.3 is 21.7 Å². The van der Waals surface area contributed by atoms with Gasteiger partial charge in [0.1, 0.15) is 5.69 Å². The Morgan fingerprint density at radius 2 is 1.74 bits per heavy atom. The first kappa shape index (κ1) is 22.1. The van der Waals surface area contributed by atoms with Crippen LogP contribution in [0.2, 0.25) is 10.0 Å². The fraction of sp³-hybridized carbons (Fsp3) is 0.273. The van der Waals surface area contributed by atoms with Gasteiger partial charge in [-0.2, -0.15) is 0 Å². The van der Waals surface area contributed by atoms with Crippen molar-refractivity contribution in [2.45, 2.75) is 13.0 Å². The quantitative estimate of drug-likeness (QED) is 0.524. The van der Waals surface area contributed by atoms with Crippen LogP contribution in [0.1, 0.15) is 28.0 Å². The van der Waals surface area contributed by atoms with Crippen LogP contribution in [0.25, 0.3) is 10.8 Å². The number of nitrogens with zero attached hydrogens (tertiary/aromatic N) is 1. The Kier molecular flexibility index (Phi) is 5.78. The number of rotatable bonds is 4. The Bertz CT molecular complexity index is 1210. The maximum absolute atomic E-state index is 12.5. The van der Waals surface area contributed by atoms with Gasteiger partial charge in [0.2, 0.25) is 0 Å². The summed E-state index contributed by atoms with van der Waals surface area (Å²) in [6, 6.07) is 11.4. The molecule has 5 rings (SSSR count). The van der Waals surface area contributed by atoms with E-state index >= 15 is 0 Å². The molecule has 2 aromatic carbocycles. The number of aromatic nitrogens is 1. The monoisotopic (exact) mass is 451 g/mol. The summed E-state index contributed by atoms with van der Waals surface area (Å²) < 4.78 is 0. The summed E-state index contributed by atoms with van der Waals surface area (Å²) in [6.45, 7) is 3.51. The van der Waals surface area contributed by atoms with Crippen LogP contribution in [0.5, 0.6) is 0 Å². The van der Waals surface area contributed by atoms with Crippen molar-refractivity contribution in [3.05, 3.63) is 63.4 Å². The molecule has 2 heterocycles. The minimum Gasteiger partial charge on any atom is -1.00 e. The molecule has 1 aliphatic carbocycles. The number of carbonyl (C=O) groups excluding carboxylic acids is 1. The van der Waals surface area contributed by atoms with Crippen molar-refractivity contribution >= 4 is 51.5 Å². The van der Waals surface area contributed by atoms with Gasteiger partial charge in [-0.3, -0.25) is 4.79 Å². The number of carboxylic acids is 1. The molecule has 2 fully saturated rings. The number of hydrogen-bond acceptors (Lipinski definition) is 3. The number of carboxylic acid groups (broad SMARTS) is 1. The van der Waals surface area contributed by atoms with Crippen molar-refractivity contribution in [1.82, 2.24) is 10.3 Å². The number of aromatic carboxylic acids is 1. The molecule has 0 spiro atoms. The molecule has 1 unspecified atom stereocenters. The molecule has 2 aliphatic rings. The van der Waals surface area contributed by atoms with Crippen molar-refractivity contribution in [3.8, 4) is 0 Å². The molecule has 156 valence electrons. The standard InChI is InChI=1S/C22H19Cl2N3O3.Li.H/c1-10-17(23)18(24)20(25-10)21(28)26-19-15-8-27(9-16(15)19)14-5-4-11-6-13(22(29)30)3-2-12(11)7-14;;/h2-7,15-16,19,25H,8-9H2,1H3,(H,26,28)(H,29,30);;/q;+1;-1/t15-,16+,19?;;.